The molecule has 0 heterocycles. The number of hydrogen-bond acceptors (Lipinski definition) is 2. The van der Waals surface area contributed by atoms with E-state index >= 15 is 0 Å². The minimum atomic E-state index is -0.672. The molecule has 0 aromatic rings. The molecule has 0 saturated heterocycles. The third-order valence-corrected chi connectivity index (χ3v) is 4.80. The number of allylic oxidation sites excluding steroid dienone is 4. The van der Waals surface area contributed by atoms with Crippen LogP contribution >= 0.6 is 0 Å². The fraction of sp³-hybridized carbons (Fsp3) is 0.769. The topological polar surface area (TPSA) is 74.6 Å². The molecule has 0 aliphatic heterocycles. The van der Waals surface area contributed by atoms with Gasteiger partial charge in [0.15, 0.2) is 0 Å². The van der Waals surface area contributed by atoms with Crippen LogP contribution in [0.15, 0.2) is 24.3 Å². The van der Waals surface area contributed by atoms with Crippen molar-refractivity contribution in [3.8, 4) is 0 Å². The summed E-state index contributed by atoms with van der Waals surface area (Å²) in [5.41, 5.74) is 0. The van der Waals surface area contributed by atoms with Gasteiger partial charge in [-0.3, -0.25) is 9.59 Å². The number of carboxylic acids is 2. The molecular weight excluding hydrogens is 442 g/mol. The number of carbonyl (C=O) groups is 2. The van der Waals surface area contributed by atoms with Crippen LogP contribution in [0, 0.1) is 0 Å². The van der Waals surface area contributed by atoms with E-state index in [0.717, 1.165) is 51.4 Å². The Kier molecular flexibility index (Phi) is 34.9. The minimum absolute atomic E-state index is 0. The molecule has 4 nitrogen and oxygen atoms in total. The summed E-state index contributed by atoms with van der Waals surface area (Å²) in [5.74, 6) is -1.34. The van der Waals surface area contributed by atoms with Gasteiger partial charge in [0, 0.05) is 32.3 Å². The van der Waals surface area contributed by atoms with E-state index in [4.69, 9.17) is 10.2 Å². The smallest absolute Gasteiger partial charge is 0.303 e. The zero-order valence-corrected chi connectivity index (χ0v) is 23.4. The quantitative estimate of drug-likeness (QED) is 0.102. The van der Waals surface area contributed by atoms with E-state index < -0.39 is 11.9 Å². The zero-order chi connectivity index (χ0) is 22.7. The average Bonchev–Trinajstić information content (AvgIpc) is 2.71. The van der Waals surface area contributed by atoms with Crippen LogP contribution < -0.4 is 0 Å². The Morgan fingerprint density at radius 3 is 1.10 bits per heavy atom. The first-order valence-electron chi connectivity index (χ1n) is 12.3. The summed E-state index contributed by atoms with van der Waals surface area (Å²) in [7, 11) is 0. The normalized spacial score (nSPS) is 10.6. The molecule has 0 aromatic heterocycles. The van der Waals surface area contributed by atoms with Gasteiger partial charge in [0.25, 0.3) is 0 Å². The summed E-state index contributed by atoms with van der Waals surface area (Å²) >= 11 is 0. The molecule has 0 atom stereocenters. The zero-order valence-electron chi connectivity index (χ0n) is 20.5. The Hall–Kier alpha value is -0.957. The van der Waals surface area contributed by atoms with Crippen LogP contribution in [0.25, 0.3) is 0 Å². The van der Waals surface area contributed by atoms with E-state index in [1.807, 2.05) is 0 Å². The van der Waals surface area contributed by atoms with Gasteiger partial charge >= 0.3 is 11.9 Å². The predicted molar refractivity (Wildman–Crippen MR) is 128 cm³/mol. The molecule has 0 aliphatic carbocycles. The van der Waals surface area contributed by atoms with Gasteiger partial charge in [0.2, 0.25) is 0 Å². The number of aliphatic carboxylic acids is 2. The average molecular weight is 490 g/mol. The Labute approximate surface area is 204 Å². The fourth-order valence-corrected chi connectivity index (χ4v) is 2.90. The summed E-state index contributed by atoms with van der Waals surface area (Å²) in [6, 6.07) is 0. The van der Waals surface area contributed by atoms with Crippen molar-refractivity contribution in [2.24, 2.45) is 0 Å². The van der Waals surface area contributed by atoms with E-state index in [-0.39, 0.29) is 19.5 Å². The molecule has 0 rings (SSSR count). The first-order chi connectivity index (χ1) is 14.5. The van der Waals surface area contributed by atoms with Gasteiger partial charge in [-0.25, -0.2) is 0 Å². The Bertz CT molecular complexity index is 393. The summed E-state index contributed by atoms with van der Waals surface area (Å²) in [6.45, 7) is 4.41. The Morgan fingerprint density at radius 1 is 0.516 bits per heavy atom. The fourth-order valence-electron chi connectivity index (χ4n) is 2.90. The molecule has 2 N–H and O–H groups in total. The van der Waals surface area contributed by atoms with Gasteiger partial charge in [0.1, 0.15) is 0 Å². The molecule has 0 unspecified atom stereocenters. The second-order valence-corrected chi connectivity index (χ2v) is 7.92. The van der Waals surface area contributed by atoms with Gasteiger partial charge in [-0.2, -0.15) is 0 Å². The van der Waals surface area contributed by atoms with E-state index in [9.17, 15) is 9.59 Å². The second kappa shape index (κ2) is 31.2. The van der Waals surface area contributed by atoms with E-state index in [0.29, 0.717) is 12.8 Å². The standard InChI is InChI=1S/2C13H24O2.Zn/c2*1-2-3-4-5-6-7-8-9-10-11-12-13(14)15;/h2*5-6H,2-4,7-12H2,1H3,(H,14,15);. The molecule has 5 heteroatoms. The van der Waals surface area contributed by atoms with Crippen LogP contribution in [0.4, 0.5) is 0 Å². The van der Waals surface area contributed by atoms with Crippen molar-refractivity contribution in [3.63, 3.8) is 0 Å². The third-order valence-electron chi connectivity index (χ3n) is 4.80. The first kappa shape index (κ1) is 34.7. The number of carboxylic acid groups (broad SMARTS) is 2. The van der Waals surface area contributed by atoms with Gasteiger partial charge < -0.3 is 10.2 Å². The molecule has 0 saturated carbocycles. The number of unbranched alkanes of at least 4 members (excludes halogenated alkanes) is 12. The van der Waals surface area contributed by atoms with Gasteiger partial charge in [-0.05, 0) is 51.4 Å². The van der Waals surface area contributed by atoms with Crippen LogP contribution in [-0.4, -0.2) is 22.2 Å². The maximum absolute atomic E-state index is 10.2. The molecule has 0 aliphatic rings. The van der Waals surface area contributed by atoms with E-state index in [2.05, 4.69) is 38.2 Å². The van der Waals surface area contributed by atoms with Crippen LogP contribution in [0.5, 0.6) is 0 Å². The van der Waals surface area contributed by atoms with Crippen molar-refractivity contribution in [1.29, 1.82) is 0 Å². The Balaban J connectivity index is -0.000000490. The molecule has 0 spiro atoms. The van der Waals surface area contributed by atoms with Crippen molar-refractivity contribution in [3.05, 3.63) is 24.3 Å². The summed E-state index contributed by atoms with van der Waals surface area (Å²) in [6.07, 6.45) is 28.0. The molecule has 0 amide bonds. The van der Waals surface area contributed by atoms with Crippen molar-refractivity contribution in [2.45, 2.75) is 129 Å². The van der Waals surface area contributed by atoms with Crippen LogP contribution in [0.2, 0.25) is 0 Å². The molecule has 31 heavy (non-hydrogen) atoms. The molecular formula is C26H48O4Zn. The maximum atomic E-state index is 10.2. The van der Waals surface area contributed by atoms with Crippen molar-refractivity contribution >= 4 is 11.9 Å². The van der Waals surface area contributed by atoms with Gasteiger partial charge in [0.05, 0.1) is 0 Å². The van der Waals surface area contributed by atoms with Gasteiger partial charge in [-0.15, -0.1) is 0 Å². The predicted octanol–water partition coefficient (Wildman–Crippen LogP) is 8.31. The van der Waals surface area contributed by atoms with E-state index in [1.54, 1.807) is 0 Å². The van der Waals surface area contributed by atoms with Crippen LogP contribution in [0.1, 0.15) is 129 Å². The molecule has 0 radical (unpaired) electrons. The van der Waals surface area contributed by atoms with Crippen molar-refractivity contribution in [2.75, 3.05) is 0 Å². The third kappa shape index (κ3) is 40.0. The monoisotopic (exact) mass is 488 g/mol. The van der Waals surface area contributed by atoms with Crippen LogP contribution in [0.3, 0.4) is 0 Å². The van der Waals surface area contributed by atoms with E-state index in [1.165, 1.54) is 51.4 Å². The molecule has 178 valence electrons. The largest absolute Gasteiger partial charge is 0.481 e. The molecule has 0 fully saturated rings. The summed E-state index contributed by atoms with van der Waals surface area (Å²) < 4.78 is 0. The van der Waals surface area contributed by atoms with Gasteiger partial charge in [-0.1, -0.05) is 89.5 Å². The first-order valence-corrected chi connectivity index (χ1v) is 12.3. The number of hydrogen-bond donors (Lipinski definition) is 2. The SMILES string of the molecule is CCCCC=CCCCCCCC(=O)O.CCCCC=CCCCCCCC(=O)O.[Zn]. The minimum Gasteiger partial charge on any atom is -0.481 e. The molecule has 0 bridgehead atoms. The second-order valence-electron chi connectivity index (χ2n) is 7.92. The molecule has 0 aromatic carbocycles. The summed E-state index contributed by atoms with van der Waals surface area (Å²) in [4.78, 5) is 20.4. The summed E-state index contributed by atoms with van der Waals surface area (Å²) in [5, 5.41) is 16.9. The van der Waals surface area contributed by atoms with Crippen molar-refractivity contribution < 1.29 is 39.3 Å². The van der Waals surface area contributed by atoms with Crippen LogP contribution in [-0.2, 0) is 29.1 Å². The number of rotatable bonds is 20. The van der Waals surface area contributed by atoms with Crippen molar-refractivity contribution in [1.82, 2.24) is 0 Å². The Morgan fingerprint density at radius 2 is 0.806 bits per heavy atom. The maximum Gasteiger partial charge on any atom is 0.303 e.